The van der Waals surface area contributed by atoms with Crippen molar-refractivity contribution in [2.24, 2.45) is 0 Å². The molecule has 0 atom stereocenters. The van der Waals surface area contributed by atoms with Crippen LogP contribution in [0, 0.1) is 0 Å². The molecule has 0 saturated carbocycles. The fraction of sp³-hybridized carbons (Fsp3) is 0.400. The Morgan fingerprint density at radius 1 is 0.488 bits per heavy atom. The summed E-state index contributed by atoms with van der Waals surface area (Å²) in [5.74, 6) is 0.608. The second-order valence-corrected chi connectivity index (χ2v) is 16.2. The summed E-state index contributed by atoms with van der Waals surface area (Å²) >= 11 is 0. The van der Waals surface area contributed by atoms with Gasteiger partial charge in [-0.1, -0.05) is 150 Å². The first kappa shape index (κ1) is 32.7. The molecule has 4 rings (SSSR count). The maximum atomic E-state index is 12.0. The van der Waals surface area contributed by atoms with Crippen molar-refractivity contribution in [2.75, 3.05) is 0 Å². The molecular weight excluding hydrogens is 543 g/mol. The second kappa shape index (κ2) is 11.7. The van der Waals surface area contributed by atoms with Crippen LogP contribution < -0.4 is 4.52 Å². The number of rotatable bonds is 5. The molecule has 226 valence electrons. The molecule has 0 aliphatic rings. The predicted octanol–water partition coefficient (Wildman–Crippen LogP) is 12.5. The molecule has 0 fully saturated rings. The molecule has 0 saturated heterocycles. The van der Waals surface area contributed by atoms with Gasteiger partial charge in [0.05, 0.1) is 0 Å². The van der Waals surface area contributed by atoms with Crippen molar-refractivity contribution in [2.45, 2.75) is 105 Å². The van der Waals surface area contributed by atoms with E-state index >= 15 is 0 Å². The van der Waals surface area contributed by atoms with Crippen molar-refractivity contribution in [1.82, 2.24) is 0 Å². The Hall–Kier alpha value is -3.22. The van der Waals surface area contributed by atoms with E-state index in [1.165, 1.54) is 27.8 Å². The summed E-state index contributed by atoms with van der Waals surface area (Å²) in [6, 6.07) is 28.5. The zero-order valence-corrected chi connectivity index (χ0v) is 29.2. The molecule has 0 amide bonds. The van der Waals surface area contributed by atoms with Crippen molar-refractivity contribution < 1.29 is 9.09 Å². The SMILES string of the molecule is CC(C)(C)c1ccc(-c2ccc(OP=O)c(-c3ccc(C(C)(C)C)cc3C(C)(C)C)c2-c2ccccc2)c(C(C)(C)C)c1. The second-order valence-electron chi connectivity index (χ2n) is 15.9. The third-order valence-corrected chi connectivity index (χ3v) is 8.58. The van der Waals surface area contributed by atoms with Gasteiger partial charge in [-0.3, -0.25) is 0 Å². The van der Waals surface area contributed by atoms with Gasteiger partial charge >= 0.3 is 8.69 Å². The molecule has 0 spiro atoms. The Balaban J connectivity index is 2.22. The largest absolute Gasteiger partial charge is 0.407 e. The molecule has 3 heteroatoms. The minimum atomic E-state index is -0.376. The summed E-state index contributed by atoms with van der Waals surface area (Å²) in [5.41, 5.74) is 11.6. The van der Waals surface area contributed by atoms with Crippen molar-refractivity contribution in [3.8, 4) is 39.1 Å². The molecule has 0 aliphatic carbocycles. The van der Waals surface area contributed by atoms with Crippen molar-refractivity contribution >= 4 is 8.69 Å². The van der Waals surface area contributed by atoms with Gasteiger partial charge < -0.3 is 4.52 Å². The fourth-order valence-electron chi connectivity index (χ4n) is 5.81. The summed E-state index contributed by atoms with van der Waals surface area (Å²) in [6.45, 7) is 27.2. The van der Waals surface area contributed by atoms with Gasteiger partial charge in [-0.15, -0.1) is 0 Å². The Morgan fingerprint density at radius 3 is 1.42 bits per heavy atom. The third kappa shape index (κ3) is 6.97. The molecular formula is C40H49O2P. The fourth-order valence-corrected chi connectivity index (χ4v) is 6.04. The Morgan fingerprint density at radius 2 is 0.953 bits per heavy atom. The van der Waals surface area contributed by atoms with E-state index < -0.39 is 0 Å². The summed E-state index contributed by atoms with van der Waals surface area (Å²) < 4.78 is 17.9. The van der Waals surface area contributed by atoms with Crippen LogP contribution in [0.1, 0.15) is 105 Å². The average molecular weight is 593 g/mol. The van der Waals surface area contributed by atoms with Crippen LogP contribution in [0.2, 0.25) is 0 Å². The summed E-state index contributed by atoms with van der Waals surface area (Å²) in [7, 11) is -0.376. The Labute approximate surface area is 262 Å². The lowest BCUT2D eigenvalue weighted by Gasteiger charge is -2.31. The van der Waals surface area contributed by atoms with Gasteiger partial charge in [0.15, 0.2) is 0 Å². The molecule has 0 unspecified atom stereocenters. The van der Waals surface area contributed by atoms with Gasteiger partial charge in [0.25, 0.3) is 0 Å². The van der Waals surface area contributed by atoms with Gasteiger partial charge in [-0.2, -0.15) is 0 Å². The maximum Gasteiger partial charge on any atom is 0.395 e. The summed E-state index contributed by atoms with van der Waals surface area (Å²) in [4.78, 5) is 0. The quantitative estimate of drug-likeness (QED) is 0.216. The highest BCUT2D eigenvalue weighted by atomic mass is 31.1. The zero-order chi connectivity index (χ0) is 32.0. The van der Waals surface area contributed by atoms with E-state index in [1.807, 2.05) is 6.07 Å². The molecule has 0 heterocycles. The van der Waals surface area contributed by atoms with Gasteiger partial charge in [0, 0.05) is 11.1 Å². The number of benzene rings is 4. The highest BCUT2D eigenvalue weighted by Crippen LogP contribution is 2.50. The lowest BCUT2D eigenvalue weighted by Crippen LogP contribution is -2.18. The highest BCUT2D eigenvalue weighted by Gasteiger charge is 2.29. The minimum Gasteiger partial charge on any atom is -0.407 e. The topological polar surface area (TPSA) is 26.3 Å². The van der Waals surface area contributed by atoms with Crippen molar-refractivity contribution in [1.29, 1.82) is 0 Å². The van der Waals surface area contributed by atoms with Crippen LogP contribution in [-0.2, 0) is 26.2 Å². The summed E-state index contributed by atoms with van der Waals surface area (Å²) in [5, 5.41) is 0. The Bertz CT molecular complexity index is 1620. The summed E-state index contributed by atoms with van der Waals surface area (Å²) in [6.07, 6.45) is 0. The molecule has 4 aromatic carbocycles. The molecule has 0 aliphatic heterocycles. The van der Waals surface area contributed by atoms with E-state index in [9.17, 15) is 4.57 Å². The molecule has 0 bridgehead atoms. The van der Waals surface area contributed by atoms with Crippen molar-refractivity contribution in [3.05, 3.63) is 101 Å². The van der Waals surface area contributed by atoms with Gasteiger partial charge in [-0.05, 0) is 78.3 Å². The molecule has 43 heavy (non-hydrogen) atoms. The maximum absolute atomic E-state index is 12.0. The van der Waals surface area contributed by atoms with Crippen LogP contribution in [0.25, 0.3) is 33.4 Å². The van der Waals surface area contributed by atoms with Crippen LogP contribution >= 0.6 is 8.69 Å². The van der Waals surface area contributed by atoms with E-state index in [0.29, 0.717) is 5.75 Å². The number of hydrogen-bond donors (Lipinski definition) is 0. The predicted molar refractivity (Wildman–Crippen MR) is 186 cm³/mol. The molecule has 4 aromatic rings. The first-order valence-electron chi connectivity index (χ1n) is 15.4. The molecule has 2 nitrogen and oxygen atoms in total. The van der Waals surface area contributed by atoms with Crippen LogP contribution in [-0.4, -0.2) is 0 Å². The minimum absolute atomic E-state index is 0.00597. The van der Waals surface area contributed by atoms with Crippen LogP contribution in [0.3, 0.4) is 0 Å². The Kier molecular flexibility index (Phi) is 8.89. The number of hydrogen-bond acceptors (Lipinski definition) is 2. The first-order valence-corrected chi connectivity index (χ1v) is 16.1. The van der Waals surface area contributed by atoms with E-state index in [1.54, 1.807) is 0 Å². The monoisotopic (exact) mass is 592 g/mol. The normalized spacial score (nSPS) is 12.9. The van der Waals surface area contributed by atoms with Gasteiger partial charge in [-0.25, -0.2) is 4.57 Å². The van der Waals surface area contributed by atoms with Crippen LogP contribution in [0.15, 0.2) is 78.9 Å². The lowest BCUT2D eigenvalue weighted by molar-refractivity contribution is 0.526. The van der Waals surface area contributed by atoms with Gasteiger partial charge in [0.2, 0.25) is 0 Å². The molecule has 0 aromatic heterocycles. The zero-order valence-electron chi connectivity index (χ0n) is 28.3. The molecule has 0 radical (unpaired) electrons. The third-order valence-electron chi connectivity index (χ3n) is 8.31. The molecule has 0 N–H and O–H groups in total. The average Bonchev–Trinajstić information content (AvgIpc) is 2.91. The van der Waals surface area contributed by atoms with E-state index in [4.69, 9.17) is 4.52 Å². The lowest BCUT2D eigenvalue weighted by atomic mass is 9.74. The van der Waals surface area contributed by atoms with E-state index in [0.717, 1.165) is 27.8 Å². The first-order chi connectivity index (χ1) is 19.8. The van der Waals surface area contributed by atoms with Crippen LogP contribution in [0.4, 0.5) is 0 Å². The van der Waals surface area contributed by atoms with Crippen molar-refractivity contribution in [3.63, 3.8) is 0 Å². The van der Waals surface area contributed by atoms with Crippen LogP contribution in [0.5, 0.6) is 5.75 Å². The van der Waals surface area contributed by atoms with E-state index in [-0.39, 0.29) is 30.3 Å². The smallest absolute Gasteiger partial charge is 0.395 e. The standard InChI is InChI=1S/C40H49O2P/c1-37(2,3)27-18-20-29(32(24-27)39(7,8)9)30-22-23-34(42-43-41)36(35(30)26-16-14-13-15-17-26)31-21-19-28(38(4,5)6)25-33(31)40(10,11)12/h13-25H,1-12H3. The highest BCUT2D eigenvalue weighted by molar-refractivity contribution is 7.17. The van der Waals surface area contributed by atoms with Gasteiger partial charge in [0.1, 0.15) is 5.75 Å². The van der Waals surface area contributed by atoms with E-state index in [2.05, 4.69) is 156 Å².